The lowest BCUT2D eigenvalue weighted by Gasteiger charge is -2.12. The van der Waals surface area contributed by atoms with E-state index in [1.54, 1.807) is 31.4 Å². The van der Waals surface area contributed by atoms with Crippen molar-refractivity contribution in [2.24, 2.45) is 5.92 Å². The zero-order valence-corrected chi connectivity index (χ0v) is 11.7. The number of halogens is 1. The van der Waals surface area contributed by atoms with Gasteiger partial charge in [0.15, 0.2) is 0 Å². The predicted octanol–water partition coefficient (Wildman–Crippen LogP) is 2.99. The number of ether oxygens (including phenoxy) is 1. The van der Waals surface area contributed by atoms with E-state index in [1.165, 1.54) is 12.1 Å². The van der Waals surface area contributed by atoms with Crippen molar-refractivity contribution in [1.82, 2.24) is 5.32 Å². The van der Waals surface area contributed by atoms with Crippen LogP contribution in [0.25, 0.3) is 10.8 Å². The summed E-state index contributed by atoms with van der Waals surface area (Å²) in [5, 5.41) is 3.95. The Morgan fingerprint density at radius 3 is 2.65 bits per heavy atom. The topological polar surface area (TPSA) is 38.3 Å². The molecule has 0 aliphatic rings. The van der Waals surface area contributed by atoms with Crippen LogP contribution in [0.2, 0.25) is 0 Å². The Hall–Kier alpha value is -1.94. The average Bonchev–Trinajstić information content (AvgIpc) is 2.46. The quantitative estimate of drug-likeness (QED) is 0.911. The molecule has 1 N–H and O–H groups in total. The third kappa shape index (κ3) is 3.14. The monoisotopic (exact) mass is 275 g/mol. The summed E-state index contributed by atoms with van der Waals surface area (Å²) >= 11 is 0. The van der Waals surface area contributed by atoms with E-state index in [1.807, 2.05) is 6.92 Å². The molecular formula is C16H18FNO2. The first-order valence-corrected chi connectivity index (χ1v) is 6.58. The summed E-state index contributed by atoms with van der Waals surface area (Å²) in [6, 6.07) is 9.84. The molecule has 0 fully saturated rings. The van der Waals surface area contributed by atoms with Crippen molar-refractivity contribution in [3.63, 3.8) is 0 Å². The molecule has 1 amide bonds. The molecule has 0 saturated heterocycles. The first-order valence-electron chi connectivity index (χ1n) is 6.58. The number of amides is 1. The van der Waals surface area contributed by atoms with Crippen LogP contribution >= 0.6 is 0 Å². The third-order valence-electron chi connectivity index (χ3n) is 3.18. The van der Waals surface area contributed by atoms with Gasteiger partial charge in [0.1, 0.15) is 5.82 Å². The van der Waals surface area contributed by atoms with Crippen molar-refractivity contribution >= 4 is 16.7 Å². The van der Waals surface area contributed by atoms with Gasteiger partial charge in [0.05, 0.1) is 6.61 Å². The Balaban J connectivity index is 2.20. The molecule has 20 heavy (non-hydrogen) atoms. The molecule has 1 unspecified atom stereocenters. The molecule has 0 aliphatic heterocycles. The largest absolute Gasteiger partial charge is 0.384 e. The van der Waals surface area contributed by atoms with E-state index in [0.717, 1.165) is 0 Å². The van der Waals surface area contributed by atoms with Crippen molar-refractivity contribution in [2.75, 3.05) is 20.3 Å². The van der Waals surface area contributed by atoms with Crippen LogP contribution in [-0.2, 0) is 4.74 Å². The van der Waals surface area contributed by atoms with Gasteiger partial charge in [-0.15, -0.1) is 0 Å². The molecule has 1 atom stereocenters. The molecular weight excluding hydrogens is 257 g/mol. The van der Waals surface area contributed by atoms with Gasteiger partial charge in [-0.25, -0.2) is 4.39 Å². The van der Waals surface area contributed by atoms with E-state index in [0.29, 0.717) is 29.5 Å². The molecule has 0 saturated carbocycles. The summed E-state index contributed by atoms with van der Waals surface area (Å²) in [7, 11) is 1.63. The summed E-state index contributed by atoms with van der Waals surface area (Å²) in [5.74, 6) is -0.273. The summed E-state index contributed by atoms with van der Waals surface area (Å²) in [6.45, 7) is 3.11. The second-order valence-electron chi connectivity index (χ2n) is 4.91. The van der Waals surface area contributed by atoms with Gasteiger partial charge in [0.25, 0.3) is 5.91 Å². The predicted molar refractivity (Wildman–Crippen MR) is 77.3 cm³/mol. The van der Waals surface area contributed by atoms with Gasteiger partial charge in [-0.3, -0.25) is 4.79 Å². The number of fused-ring (bicyclic) bond motifs is 1. The van der Waals surface area contributed by atoms with E-state index < -0.39 is 0 Å². The number of carbonyl (C=O) groups is 1. The van der Waals surface area contributed by atoms with Crippen molar-refractivity contribution in [1.29, 1.82) is 0 Å². The molecule has 2 aromatic carbocycles. The van der Waals surface area contributed by atoms with Gasteiger partial charge >= 0.3 is 0 Å². The Morgan fingerprint density at radius 2 is 1.95 bits per heavy atom. The maximum absolute atomic E-state index is 13.7. The minimum absolute atomic E-state index is 0.191. The Morgan fingerprint density at radius 1 is 1.25 bits per heavy atom. The highest BCUT2D eigenvalue weighted by atomic mass is 19.1. The van der Waals surface area contributed by atoms with Crippen LogP contribution < -0.4 is 5.32 Å². The lowest BCUT2D eigenvalue weighted by atomic mass is 10.0. The van der Waals surface area contributed by atoms with Gasteiger partial charge in [0, 0.05) is 24.6 Å². The maximum Gasteiger partial charge on any atom is 0.251 e. The molecule has 4 heteroatoms. The molecule has 0 heterocycles. The molecule has 0 radical (unpaired) electrons. The van der Waals surface area contributed by atoms with Crippen LogP contribution in [0.5, 0.6) is 0 Å². The second-order valence-corrected chi connectivity index (χ2v) is 4.91. The highest BCUT2D eigenvalue weighted by Gasteiger charge is 2.13. The van der Waals surface area contributed by atoms with Gasteiger partial charge in [-0.05, 0) is 23.4 Å². The highest BCUT2D eigenvalue weighted by molar-refractivity contribution is 6.07. The zero-order valence-electron chi connectivity index (χ0n) is 11.7. The van der Waals surface area contributed by atoms with E-state index in [4.69, 9.17) is 4.74 Å². The van der Waals surface area contributed by atoms with E-state index >= 15 is 0 Å². The molecule has 0 spiro atoms. The van der Waals surface area contributed by atoms with Gasteiger partial charge < -0.3 is 10.1 Å². The average molecular weight is 275 g/mol. The molecule has 2 rings (SSSR count). The fourth-order valence-corrected chi connectivity index (χ4v) is 2.17. The van der Waals surface area contributed by atoms with E-state index in [2.05, 4.69) is 5.32 Å². The second kappa shape index (κ2) is 6.48. The number of nitrogens with one attached hydrogen (secondary N) is 1. The van der Waals surface area contributed by atoms with Crippen molar-refractivity contribution in [3.8, 4) is 0 Å². The van der Waals surface area contributed by atoms with Crippen LogP contribution in [0, 0.1) is 11.7 Å². The minimum atomic E-state index is -0.315. The lowest BCUT2D eigenvalue weighted by molar-refractivity contribution is 0.0935. The number of methoxy groups -OCH3 is 1. The van der Waals surface area contributed by atoms with Crippen molar-refractivity contribution in [3.05, 3.63) is 47.8 Å². The van der Waals surface area contributed by atoms with Crippen LogP contribution in [0.1, 0.15) is 17.3 Å². The molecule has 0 aliphatic carbocycles. The summed E-state index contributed by atoms with van der Waals surface area (Å²) in [6.07, 6.45) is 0. The van der Waals surface area contributed by atoms with Crippen LogP contribution in [-0.4, -0.2) is 26.2 Å². The summed E-state index contributed by atoms with van der Waals surface area (Å²) in [4.78, 5) is 12.2. The molecule has 0 aromatic heterocycles. The van der Waals surface area contributed by atoms with Crippen molar-refractivity contribution in [2.45, 2.75) is 6.92 Å². The first kappa shape index (κ1) is 14.5. The van der Waals surface area contributed by atoms with Crippen LogP contribution in [0.15, 0.2) is 36.4 Å². The summed E-state index contributed by atoms with van der Waals surface area (Å²) in [5.41, 5.74) is 0.492. The van der Waals surface area contributed by atoms with Gasteiger partial charge in [-0.1, -0.05) is 31.2 Å². The van der Waals surface area contributed by atoms with E-state index in [-0.39, 0.29) is 17.6 Å². The molecule has 106 valence electrons. The van der Waals surface area contributed by atoms with Gasteiger partial charge in [-0.2, -0.15) is 0 Å². The van der Waals surface area contributed by atoms with Gasteiger partial charge in [0.2, 0.25) is 0 Å². The lowest BCUT2D eigenvalue weighted by Crippen LogP contribution is -2.30. The highest BCUT2D eigenvalue weighted by Crippen LogP contribution is 2.21. The minimum Gasteiger partial charge on any atom is -0.384 e. The van der Waals surface area contributed by atoms with Crippen molar-refractivity contribution < 1.29 is 13.9 Å². The number of hydrogen-bond donors (Lipinski definition) is 1. The zero-order chi connectivity index (χ0) is 14.5. The maximum atomic E-state index is 13.7. The normalized spacial score (nSPS) is 12.3. The first-order chi connectivity index (χ1) is 9.63. The third-order valence-corrected chi connectivity index (χ3v) is 3.18. The SMILES string of the molecule is COCC(C)CNC(=O)c1ccc(F)c2ccccc12. The Bertz CT molecular complexity index is 612. The molecule has 3 nitrogen and oxygen atoms in total. The number of benzene rings is 2. The molecule has 0 bridgehead atoms. The smallest absolute Gasteiger partial charge is 0.251 e. The van der Waals surface area contributed by atoms with Crippen LogP contribution in [0.3, 0.4) is 0 Å². The standard InChI is InChI=1S/C16H18FNO2/c1-11(10-20-2)9-18-16(19)14-7-8-15(17)13-6-4-3-5-12(13)14/h3-8,11H,9-10H2,1-2H3,(H,18,19). The fourth-order valence-electron chi connectivity index (χ4n) is 2.17. The van der Waals surface area contributed by atoms with Crippen LogP contribution in [0.4, 0.5) is 4.39 Å². The summed E-state index contributed by atoms with van der Waals surface area (Å²) < 4.78 is 18.7. The number of carbonyl (C=O) groups excluding carboxylic acids is 1. The number of rotatable bonds is 5. The Labute approximate surface area is 117 Å². The fraction of sp³-hybridized carbons (Fsp3) is 0.312. The van der Waals surface area contributed by atoms with E-state index in [9.17, 15) is 9.18 Å². The molecule has 2 aromatic rings. The Kier molecular flexibility index (Phi) is 4.69. The number of hydrogen-bond acceptors (Lipinski definition) is 2.